The normalized spacial score (nSPS) is 12.2. The van der Waals surface area contributed by atoms with Gasteiger partial charge in [-0.15, -0.1) is 5.10 Å². The molecule has 9 nitrogen and oxygen atoms in total. The Balaban J connectivity index is 1.73. The molecule has 0 bridgehead atoms. The Hall–Kier alpha value is -3.47. The van der Waals surface area contributed by atoms with Gasteiger partial charge in [0.05, 0.1) is 23.5 Å². The van der Waals surface area contributed by atoms with Gasteiger partial charge in [-0.05, 0) is 84.8 Å². The van der Waals surface area contributed by atoms with E-state index in [1.807, 2.05) is 19.9 Å². The zero-order valence-corrected chi connectivity index (χ0v) is 25.1. The molecule has 0 atom stereocenters. The Morgan fingerprint density at radius 3 is 2.50 bits per heavy atom. The second-order valence-electron chi connectivity index (χ2n) is 9.59. The molecule has 4 aromatic rings. The van der Waals surface area contributed by atoms with Gasteiger partial charge in [-0.25, -0.2) is 14.3 Å². The minimum atomic E-state index is -5.86. The smallest absolute Gasteiger partial charge is 0.350 e. The Kier molecular flexibility index (Phi) is 9.01. The van der Waals surface area contributed by atoms with Gasteiger partial charge in [0, 0.05) is 27.8 Å². The number of hydrogen-bond donors (Lipinski definition) is 1. The first-order chi connectivity index (χ1) is 19.6. The highest BCUT2D eigenvalue weighted by Gasteiger charge is 2.60. The van der Waals surface area contributed by atoms with Gasteiger partial charge in [-0.3, -0.25) is 9.59 Å². The van der Waals surface area contributed by atoms with E-state index < -0.39 is 30.1 Å². The van der Waals surface area contributed by atoms with Gasteiger partial charge in [-0.2, -0.15) is 27.1 Å². The lowest BCUT2D eigenvalue weighted by molar-refractivity contribution is -0.291. The molecule has 4 rings (SSSR count). The van der Waals surface area contributed by atoms with Crippen molar-refractivity contribution in [2.75, 3.05) is 0 Å². The summed E-state index contributed by atoms with van der Waals surface area (Å²) in [7, 11) is 0. The summed E-state index contributed by atoms with van der Waals surface area (Å²) < 4.78 is 68.4. The Morgan fingerprint density at radius 2 is 1.86 bits per heavy atom. The summed E-state index contributed by atoms with van der Waals surface area (Å²) in [6.45, 7) is 4.99. The fourth-order valence-corrected chi connectivity index (χ4v) is 5.01. The lowest BCUT2D eigenvalue weighted by Gasteiger charge is -2.16. The van der Waals surface area contributed by atoms with Crippen molar-refractivity contribution in [3.05, 3.63) is 85.1 Å². The van der Waals surface area contributed by atoms with E-state index in [-0.39, 0.29) is 40.6 Å². The monoisotopic (exact) mass is 721 g/mol. The Bertz CT molecular complexity index is 1650. The van der Waals surface area contributed by atoms with Crippen molar-refractivity contribution >= 4 is 45.9 Å². The van der Waals surface area contributed by atoms with Crippen molar-refractivity contribution in [1.29, 1.82) is 0 Å². The highest BCUT2D eigenvalue weighted by atomic mass is 127. The molecule has 16 heteroatoms. The molecule has 1 aromatic carbocycles. The maximum absolute atomic E-state index is 13.7. The zero-order valence-electron chi connectivity index (χ0n) is 22.2. The van der Waals surface area contributed by atoms with Crippen LogP contribution in [0.4, 0.5) is 22.0 Å². The number of carbonyl (C=O) groups excluding carboxylic acids is 2. The fourth-order valence-electron chi connectivity index (χ4n) is 4.03. The third-order valence-corrected chi connectivity index (χ3v) is 6.88. The standard InChI is InChI=1S/C26H22ClF5IN7O2/c1-13(2)35-24(42)18-8-15(33)7-14(3)17(18)10-21(41)20-9-16(37-40(20)23-19(27)5-4-6-34-23)11-39-12-22(36-38-39)25(28,29)26(30,31)32/h4-9,12-13H,10-11H2,1-3H3,(H,35,42). The number of pyridine rings is 1. The summed E-state index contributed by atoms with van der Waals surface area (Å²) in [6, 6.07) is 7.75. The number of nitrogens with one attached hydrogen (secondary N) is 1. The number of nitrogens with zero attached hydrogens (tertiary/aromatic N) is 6. The molecule has 0 radical (unpaired) electrons. The number of Topliss-reactive ketones (excluding diaryl/α,β-unsaturated/α-hetero) is 1. The van der Waals surface area contributed by atoms with Crippen LogP contribution < -0.4 is 5.32 Å². The summed E-state index contributed by atoms with van der Waals surface area (Å²) in [5, 5.41) is 13.6. The van der Waals surface area contributed by atoms with E-state index in [9.17, 15) is 31.5 Å². The van der Waals surface area contributed by atoms with E-state index in [4.69, 9.17) is 11.6 Å². The van der Waals surface area contributed by atoms with Crippen molar-refractivity contribution in [1.82, 2.24) is 35.1 Å². The van der Waals surface area contributed by atoms with Gasteiger partial charge in [-0.1, -0.05) is 16.8 Å². The van der Waals surface area contributed by atoms with Crippen LogP contribution in [0.3, 0.4) is 0 Å². The molecule has 0 aliphatic rings. The lowest BCUT2D eigenvalue weighted by atomic mass is 9.95. The molecule has 0 saturated heterocycles. The van der Waals surface area contributed by atoms with Crippen LogP contribution >= 0.6 is 34.2 Å². The predicted molar refractivity (Wildman–Crippen MR) is 150 cm³/mol. The highest BCUT2D eigenvalue weighted by molar-refractivity contribution is 14.1. The van der Waals surface area contributed by atoms with Crippen molar-refractivity contribution in [2.24, 2.45) is 0 Å². The van der Waals surface area contributed by atoms with Crippen molar-refractivity contribution in [2.45, 2.75) is 51.9 Å². The summed E-state index contributed by atoms with van der Waals surface area (Å²) >= 11 is 8.39. The van der Waals surface area contributed by atoms with E-state index in [2.05, 4.69) is 48.3 Å². The van der Waals surface area contributed by atoms with Crippen LogP contribution in [0.25, 0.3) is 5.82 Å². The number of aromatic nitrogens is 6. The van der Waals surface area contributed by atoms with Crippen molar-refractivity contribution in [3.8, 4) is 5.82 Å². The minimum Gasteiger partial charge on any atom is -0.350 e. The third-order valence-electron chi connectivity index (χ3n) is 5.97. The quantitative estimate of drug-likeness (QED) is 0.135. The first kappa shape index (κ1) is 31.5. The molecular weight excluding hydrogens is 700 g/mol. The number of carbonyl (C=O) groups is 2. The van der Waals surface area contributed by atoms with Gasteiger partial charge in [0.25, 0.3) is 5.91 Å². The number of benzene rings is 1. The number of aryl methyl sites for hydroxylation is 1. The maximum Gasteiger partial charge on any atom is 0.459 e. The molecule has 0 unspecified atom stereocenters. The summed E-state index contributed by atoms with van der Waals surface area (Å²) in [5.41, 5.74) is -0.0183. The fraction of sp³-hybridized carbons (Fsp3) is 0.308. The molecule has 0 aliphatic carbocycles. The molecule has 1 N–H and O–H groups in total. The topological polar surface area (TPSA) is 108 Å². The van der Waals surface area contributed by atoms with E-state index in [0.717, 1.165) is 12.9 Å². The van der Waals surface area contributed by atoms with Gasteiger partial charge < -0.3 is 5.32 Å². The van der Waals surface area contributed by atoms with Gasteiger partial charge in [0.1, 0.15) is 5.69 Å². The summed E-state index contributed by atoms with van der Waals surface area (Å²) in [4.78, 5) is 30.9. The number of amides is 1. The number of ketones is 1. The first-order valence-electron chi connectivity index (χ1n) is 12.3. The molecule has 3 aromatic heterocycles. The average Bonchev–Trinajstić information content (AvgIpc) is 3.52. The minimum absolute atomic E-state index is 0.0141. The van der Waals surface area contributed by atoms with E-state index in [1.54, 1.807) is 19.1 Å². The Morgan fingerprint density at radius 1 is 1.14 bits per heavy atom. The molecule has 0 spiro atoms. The molecule has 42 heavy (non-hydrogen) atoms. The van der Waals surface area contributed by atoms with Crippen molar-refractivity contribution in [3.63, 3.8) is 0 Å². The first-order valence-corrected chi connectivity index (χ1v) is 13.7. The largest absolute Gasteiger partial charge is 0.459 e. The summed E-state index contributed by atoms with van der Waals surface area (Å²) in [6.07, 6.45) is -4.21. The number of rotatable bonds is 9. The lowest BCUT2D eigenvalue weighted by Crippen LogP contribution is -2.34. The van der Waals surface area contributed by atoms with E-state index >= 15 is 0 Å². The van der Waals surface area contributed by atoms with Crippen LogP contribution in [0.15, 0.2) is 42.7 Å². The van der Waals surface area contributed by atoms with Crippen LogP contribution in [0.5, 0.6) is 0 Å². The van der Waals surface area contributed by atoms with Crippen LogP contribution in [-0.4, -0.2) is 53.7 Å². The molecule has 0 aliphatic heterocycles. The van der Waals surface area contributed by atoms with Crippen LogP contribution in [0, 0.1) is 10.5 Å². The summed E-state index contributed by atoms with van der Waals surface area (Å²) in [5.74, 6) is -5.97. The highest BCUT2D eigenvalue weighted by Crippen LogP contribution is 2.42. The van der Waals surface area contributed by atoms with Crippen molar-refractivity contribution < 1.29 is 31.5 Å². The molecule has 222 valence electrons. The predicted octanol–water partition coefficient (Wildman–Crippen LogP) is 5.69. The SMILES string of the molecule is Cc1cc(I)cc(C(=O)NC(C)C)c1CC(=O)c1cc(Cn2cc(C(F)(F)C(F)(F)F)nn2)nn1-c1ncccc1Cl. The maximum atomic E-state index is 13.7. The van der Waals surface area contributed by atoms with Gasteiger partial charge >= 0.3 is 12.1 Å². The molecular formula is C26H22ClF5IN7O2. The van der Waals surface area contributed by atoms with Crippen LogP contribution in [0.2, 0.25) is 5.02 Å². The number of hydrogen-bond acceptors (Lipinski definition) is 6. The number of alkyl halides is 5. The third kappa shape index (κ3) is 6.61. The van der Waals surface area contributed by atoms with E-state index in [1.165, 1.54) is 18.3 Å². The average molecular weight is 722 g/mol. The molecule has 1 amide bonds. The van der Waals surface area contributed by atoms with Gasteiger partial charge in [0.2, 0.25) is 0 Å². The van der Waals surface area contributed by atoms with Gasteiger partial charge in [0.15, 0.2) is 17.3 Å². The Labute approximate surface area is 254 Å². The second-order valence-corrected chi connectivity index (χ2v) is 11.2. The molecule has 0 saturated carbocycles. The van der Waals surface area contributed by atoms with Crippen LogP contribution in [0.1, 0.15) is 57.2 Å². The van der Waals surface area contributed by atoms with Crippen LogP contribution in [-0.2, 0) is 18.9 Å². The second kappa shape index (κ2) is 12.0. The number of halogens is 7. The molecule has 0 fully saturated rings. The van der Waals surface area contributed by atoms with E-state index in [0.29, 0.717) is 22.9 Å². The zero-order chi connectivity index (χ0) is 31.0. The molecule has 3 heterocycles.